The Labute approximate surface area is 76.9 Å². The number of hydrogen-bond donors (Lipinski definition) is 1. The molecule has 0 bridgehead atoms. The first kappa shape index (κ1) is 8.65. The van der Waals surface area contributed by atoms with E-state index in [4.69, 9.17) is 5.73 Å². The van der Waals surface area contributed by atoms with Gasteiger partial charge in [0.1, 0.15) is 0 Å². The molecule has 1 aliphatic heterocycles. The van der Waals surface area contributed by atoms with E-state index in [-0.39, 0.29) is 0 Å². The maximum atomic E-state index is 5.79. The van der Waals surface area contributed by atoms with E-state index in [9.17, 15) is 0 Å². The molecule has 0 spiro atoms. The highest BCUT2D eigenvalue weighted by Gasteiger charge is 2.16. The van der Waals surface area contributed by atoms with Crippen LogP contribution in [0.1, 0.15) is 18.7 Å². The zero-order valence-corrected chi connectivity index (χ0v) is 7.52. The maximum Gasteiger partial charge on any atom is 0.213 e. The Bertz CT molecular complexity index is 241. The van der Waals surface area contributed by atoms with Gasteiger partial charge in [-0.2, -0.15) is 4.98 Å². The van der Waals surface area contributed by atoms with Gasteiger partial charge in [0.05, 0.1) is 6.54 Å². The molecule has 13 heavy (non-hydrogen) atoms. The molecule has 0 amide bonds. The summed E-state index contributed by atoms with van der Waals surface area (Å²) in [6, 6.07) is 0.376. The van der Waals surface area contributed by atoms with Crippen LogP contribution >= 0.6 is 0 Å². The Hall–Kier alpha value is -0.940. The number of nitrogens with two attached hydrogens (primary N) is 1. The van der Waals surface area contributed by atoms with E-state index in [0.29, 0.717) is 6.04 Å². The van der Waals surface area contributed by atoms with E-state index >= 15 is 0 Å². The third kappa shape index (κ3) is 2.26. The van der Waals surface area contributed by atoms with Gasteiger partial charge in [-0.3, -0.25) is 4.90 Å². The maximum absolute atomic E-state index is 5.79. The summed E-state index contributed by atoms with van der Waals surface area (Å²) in [6.45, 7) is 2.86. The smallest absolute Gasteiger partial charge is 0.213 e. The molecule has 72 valence electrons. The predicted molar refractivity (Wildman–Crippen MR) is 46.8 cm³/mol. The average molecular weight is 182 g/mol. The molecule has 0 saturated carbocycles. The van der Waals surface area contributed by atoms with Crippen LogP contribution in [0.25, 0.3) is 0 Å². The van der Waals surface area contributed by atoms with Gasteiger partial charge < -0.3 is 10.3 Å². The van der Waals surface area contributed by atoms with Crippen LogP contribution in [0, 0.1) is 0 Å². The summed E-state index contributed by atoms with van der Waals surface area (Å²) in [6.07, 6.45) is 3.50. The summed E-state index contributed by atoms with van der Waals surface area (Å²) < 4.78 is 4.66. The average Bonchev–Trinajstić information content (AvgIpc) is 2.62. The monoisotopic (exact) mass is 182 g/mol. The highest BCUT2D eigenvalue weighted by molar-refractivity contribution is 4.81. The molecule has 5 heteroatoms. The van der Waals surface area contributed by atoms with Crippen molar-refractivity contribution in [3.63, 3.8) is 0 Å². The third-order valence-corrected chi connectivity index (χ3v) is 2.40. The second-order valence-corrected chi connectivity index (χ2v) is 3.46. The molecule has 1 aromatic rings. The van der Waals surface area contributed by atoms with Crippen molar-refractivity contribution >= 4 is 0 Å². The summed E-state index contributed by atoms with van der Waals surface area (Å²) in [5.74, 6) is 0.760. The number of nitrogens with zero attached hydrogens (tertiary/aromatic N) is 3. The molecule has 2 N–H and O–H groups in total. The Morgan fingerprint density at radius 1 is 1.54 bits per heavy atom. The first-order valence-corrected chi connectivity index (χ1v) is 4.58. The van der Waals surface area contributed by atoms with E-state index in [2.05, 4.69) is 19.6 Å². The van der Waals surface area contributed by atoms with Gasteiger partial charge in [0.2, 0.25) is 6.39 Å². The van der Waals surface area contributed by atoms with Crippen molar-refractivity contribution < 1.29 is 4.52 Å². The molecule has 2 heterocycles. The zero-order chi connectivity index (χ0) is 9.10. The van der Waals surface area contributed by atoms with Gasteiger partial charge in [0.25, 0.3) is 0 Å². The van der Waals surface area contributed by atoms with Gasteiger partial charge in [-0.25, -0.2) is 0 Å². The lowest BCUT2D eigenvalue weighted by Crippen LogP contribution is -2.39. The zero-order valence-electron chi connectivity index (χ0n) is 7.52. The fourth-order valence-corrected chi connectivity index (χ4v) is 1.57. The van der Waals surface area contributed by atoms with Gasteiger partial charge in [-0.15, -0.1) is 0 Å². The van der Waals surface area contributed by atoms with E-state index in [0.717, 1.165) is 38.3 Å². The van der Waals surface area contributed by atoms with Crippen molar-refractivity contribution in [2.24, 2.45) is 5.73 Å². The largest absolute Gasteiger partial charge is 0.343 e. The second kappa shape index (κ2) is 3.85. The number of rotatable bonds is 2. The Morgan fingerprint density at radius 3 is 2.92 bits per heavy atom. The summed E-state index contributed by atoms with van der Waals surface area (Å²) >= 11 is 0. The molecule has 5 nitrogen and oxygen atoms in total. The van der Waals surface area contributed by atoms with Crippen LogP contribution in [-0.2, 0) is 6.54 Å². The van der Waals surface area contributed by atoms with Crippen LogP contribution < -0.4 is 5.73 Å². The lowest BCUT2D eigenvalue weighted by Gasteiger charge is -2.28. The van der Waals surface area contributed by atoms with Gasteiger partial charge >= 0.3 is 0 Å². The van der Waals surface area contributed by atoms with Crippen LogP contribution in [-0.4, -0.2) is 34.2 Å². The molecule has 0 radical (unpaired) electrons. The molecule has 0 aromatic carbocycles. The molecule has 0 aliphatic carbocycles. The molecule has 1 saturated heterocycles. The first-order valence-electron chi connectivity index (χ1n) is 4.58. The van der Waals surface area contributed by atoms with E-state index in [1.807, 2.05) is 0 Å². The van der Waals surface area contributed by atoms with Gasteiger partial charge in [-0.05, 0) is 12.8 Å². The molecule has 1 aliphatic rings. The second-order valence-electron chi connectivity index (χ2n) is 3.46. The van der Waals surface area contributed by atoms with Crippen molar-refractivity contribution in [3.8, 4) is 0 Å². The molecule has 1 aromatic heterocycles. The van der Waals surface area contributed by atoms with Gasteiger partial charge in [-0.1, -0.05) is 5.16 Å². The minimum atomic E-state index is 0.376. The molecular formula is C8H14N4O. The number of piperidine rings is 1. The predicted octanol–water partition coefficient (Wildman–Crippen LogP) is -0.00730. The first-order chi connectivity index (χ1) is 6.34. The number of hydrogen-bond acceptors (Lipinski definition) is 5. The molecule has 2 rings (SSSR count). The third-order valence-electron chi connectivity index (χ3n) is 2.40. The van der Waals surface area contributed by atoms with Crippen molar-refractivity contribution in [2.75, 3.05) is 13.1 Å². The lowest BCUT2D eigenvalue weighted by atomic mass is 10.1. The summed E-state index contributed by atoms with van der Waals surface area (Å²) in [5, 5.41) is 3.77. The quantitative estimate of drug-likeness (QED) is 0.696. The summed E-state index contributed by atoms with van der Waals surface area (Å²) in [5.41, 5.74) is 5.79. The van der Waals surface area contributed by atoms with Crippen LogP contribution in [0.2, 0.25) is 0 Å². The van der Waals surface area contributed by atoms with E-state index in [1.54, 1.807) is 0 Å². The van der Waals surface area contributed by atoms with Crippen molar-refractivity contribution in [1.29, 1.82) is 0 Å². The number of likely N-dealkylation sites (tertiary alicyclic amines) is 1. The number of aromatic nitrogens is 2. The van der Waals surface area contributed by atoms with Crippen molar-refractivity contribution in [3.05, 3.63) is 12.2 Å². The Balaban J connectivity index is 1.83. The van der Waals surface area contributed by atoms with E-state index in [1.165, 1.54) is 6.39 Å². The minimum absolute atomic E-state index is 0.376. The fourth-order valence-electron chi connectivity index (χ4n) is 1.57. The summed E-state index contributed by atoms with van der Waals surface area (Å²) in [4.78, 5) is 6.28. The van der Waals surface area contributed by atoms with Crippen LogP contribution in [0.5, 0.6) is 0 Å². The van der Waals surface area contributed by atoms with Crippen LogP contribution in [0.3, 0.4) is 0 Å². The van der Waals surface area contributed by atoms with Gasteiger partial charge in [0, 0.05) is 19.1 Å². The van der Waals surface area contributed by atoms with Crippen molar-refractivity contribution in [2.45, 2.75) is 25.4 Å². The molecule has 0 atom stereocenters. The minimum Gasteiger partial charge on any atom is -0.343 e. The fraction of sp³-hybridized carbons (Fsp3) is 0.750. The van der Waals surface area contributed by atoms with E-state index < -0.39 is 0 Å². The molecule has 0 unspecified atom stereocenters. The standard InChI is InChI=1S/C8H14N4O/c9-7-1-3-12(4-2-7)5-8-10-6-13-11-8/h6-7H,1-5,9H2. The molecule has 1 fully saturated rings. The van der Waals surface area contributed by atoms with Crippen LogP contribution in [0.4, 0.5) is 0 Å². The Kier molecular flexibility index (Phi) is 2.56. The van der Waals surface area contributed by atoms with Crippen molar-refractivity contribution in [1.82, 2.24) is 15.0 Å². The normalized spacial score (nSPS) is 20.7. The highest BCUT2D eigenvalue weighted by Crippen LogP contribution is 2.09. The van der Waals surface area contributed by atoms with Gasteiger partial charge in [0.15, 0.2) is 5.82 Å². The lowest BCUT2D eigenvalue weighted by molar-refractivity contribution is 0.199. The molecular weight excluding hydrogens is 168 g/mol. The summed E-state index contributed by atoms with van der Waals surface area (Å²) in [7, 11) is 0. The SMILES string of the molecule is NC1CCN(Cc2ncon2)CC1. The topological polar surface area (TPSA) is 68.2 Å². The van der Waals surface area contributed by atoms with Crippen LogP contribution in [0.15, 0.2) is 10.9 Å². The Morgan fingerprint density at radius 2 is 2.31 bits per heavy atom. The highest BCUT2D eigenvalue weighted by atomic mass is 16.5.